The van der Waals surface area contributed by atoms with E-state index in [9.17, 15) is 13.2 Å². The van der Waals surface area contributed by atoms with E-state index in [1.54, 1.807) is 49.4 Å². The highest BCUT2D eigenvalue weighted by Crippen LogP contribution is 2.36. The maximum Gasteiger partial charge on any atom is 0.339 e. The Morgan fingerprint density at radius 3 is 2.52 bits per heavy atom. The number of nitrogens with zero attached hydrogens (tertiary/aromatic N) is 1. The predicted molar refractivity (Wildman–Crippen MR) is 139 cm³/mol. The van der Waals surface area contributed by atoms with Crippen LogP contribution in [0, 0.1) is 10.5 Å². The SMILES string of the molecule is CCOc1cc(/C=N\NC(=O)c2ccccc2Br)cc(I)c1OS(=O)(=O)c1ccc(C)cc1. The van der Waals surface area contributed by atoms with Crippen molar-refractivity contribution in [2.45, 2.75) is 18.7 Å². The Kier molecular flexibility index (Phi) is 8.49. The maximum atomic E-state index is 12.8. The minimum atomic E-state index is -4.05. The summed E-state index contributed by atoms with van der Waals surface area (Å²) in [7, 11) is -4.05. The van der Waals surface area contributed by atoms with Gasteiger partial charge in [-0.05, 0) is 94.3 Å². The fourth-order valence-electron chi connectivity index (χ4n) is 2.74. The first-order valence-corrected chi connectivity index (χ1v) is 13.0. The summed E-state index contributed by atoms with van der Waals surface area (Å²) in [6.07, 6.45) is 1.44. The Hall–Kier alpha value is -2.44. The third-order valence-electron chi connectivity index (χ3n) is 4.33. The van der Waals surface area contributed by atoms with Crippen LogP contribution in [0.15, 0.2) is 75.1 Å². The van der Waals surface area contributed by atoms with Crippen LogP contribution in [0.4, 0.5) is 0 Å². The van der Waals surface area contributed by atoms with Crippen molar-refractivity contribution in [3.05, 3.63) is 85.4 Å². The van der Waals surface area contributed by atoms with Crippen LogP contribution in [0.25, 0.3) is 0 Å². The van der Waals surface area contributed by atoms with E-state index in [4.69, 9.17) is 8.92 Å². The molecule has 0 aliphatic rings. The molecule has 10 heteroatoms. The second-order valence-corrected chi connectivity index (χ2v) is 10.4. The molecule has 0 saturated heterocycles. The number of hydrogen-bond acceptors (Lipinski definition) is 6. The van der Waals surface area contributed by atoms with Gasteiger partial charge >= 0.3 is 10.1 Å². The fraction of sp³-hybridized carbons (Fsp3) is 0.130. The molecular formula is C23H20BrIN2O5S. The number of amides is 1. The average Bonchev–Trinajstić information content (AvgIpc) is 2.77. The van der Waals surface area contributed by atoms with Crippen LogP contribution in [-0.2, 0) is 10.1 Å². The van der Waals surface area contributed by atoms with Gasteiger partial charge in [0.1, 0.15) is 4.90 Å². The molecule has 0 unspecified atom stereocenters. The summed E-state index contributed by atoms with van der Waals surface area (Å²) in [6.45, 7) is 3.95. The number of hydrogen-bond donors (Lipinski definition) is 1. The van der Waals surface area contributed by atoms with Gasteiger partial charge in [0.05, 0.1) is 22.0 Å². The summed E-state index contributed by atoms with van der Waals surface area (Å²) < 4.78 is 37.7. The normalized spacial score (nSPS) is 11.4. The Morgan fingerprint density at radius 1 is 1.15 bits per heavy atom. The Balaban J connectivity index is 1.83. The maximum absolute atomic E-state index is 12.8. The van der Waals surface area contributed by atoms with Crippen LogP contribution >= 0.6 is 38.5 Å². The van der Waals surface area contributed by atoms with Gasteiger partial charge in [-0.2, -0.15) is 13.5 Å². The van der Waals surface area contributed by atoms with E-state index >= 15 is 0 Å². The first-order chi connectivity index (χ1) is 15.7. The highest BCUT2D eigenvalue weighted by molar-refractivity contribution is 14.1. The zero-order chi connectivity index (χ0) is 24.0. The van der Waals surface area contributed by atoms with E-state index in [2.05, 4.69) is 26.5 Å². The zero-order valence-corrected chi connectivity index (χ0v) is 22.3. The standard InChI is InChI=1S/C23H20BrIN2O5S/c1-3-31-21-13-16(14-26-27-23(28)18-6-4-5-7-19(18)24)12-20(25)22(21)32-33(29,30)17-10-8-15(2)9-11-17/h4-14H,3H2,1-2H3,(H,27,28)/b26-14-. The van der Waals surface area contributed by atoms with Gasteiger partial charge in [-0.15, -0.1) is 0 Å². The van der Waals surface area contributed by atoms with E-state index in [1.165, 1.54) is 18.3 Å². The first-order valence-electron chi connectivity index (χ1n) is 9.76. The van der Waals surface area contributed by atoms with Crippen molar-refractivity contribution in [3.63, 3.8) is 0 Å². The third kappa shape index (κ3) is 6.55. The van der Waals surface area contributed by atoms with Crippen LogP contribution in [0.5, 0.6) is 11.5 Å². The summed E-state index contributed by atoms with van der Waals surface area (Å²) in [5.74, 6) is -0.0336. The van der Waals surface area contributed by atoms with Crippen molar-refractivity contribution in [1.29, 1.82) is 0 Å². The molecule has 7 nitrogen and oxygen atoms in total. The fourth-order valence-corrected chi connectivity index (χ4v) is 5.05. The van der Waals surface area contributed by atoms with Gasteiger partial charge in [-0.3, -0.25) is 4.79 Å². The zero-order valence-electron chi connectivity index (χ0n) is 17.7. The monoisotopic (exact) mass is 642 g/mol. The Labute approximate surface area is 214 Å². The smallest absolute Gasteiger partial charge is 0.339 e. The molecule has 0 radical (unpaired) electrons. The molecule has 172 valence electrons. The second kappa shape index (κ2) is 11.1. The highest BCUT2D eigenvalue weighted by atomic mass is 127. The predicted octanol–water partition coefficient (Wildman–Crippen LogP) is 5.29. The number of benzene rings is 3. The second-order valence-electron chi connectivity index (χ2n) is 6.79. The molecule has 0 spiro atoms. The van der Waals surface area contributed by atoms with Crippen LogP contribution in [-0.4, -0.2) is 27.1 Å². The van der Waals surface area contributed by atoms with Gasteiger partial charge in [-0.25, -0.2) is 5.43 Å². The van der Waals surface area contributed by atoms with E-state index in [0.29, 0.717) is 25.8 Å². The highest BCUT2D eigenvalue weighted by Gasteiger charge is 2.22. The summed E-state index contributed by atoms with van der Waals surface area (Å²) in [5.41, 5.74) is 4.45. The largest absolute Gasteiger partial charge is 0.490 e. The van der Waals surface area contributed by atoms with E-state index in [-0.39, 0.29) is 22.3 Å². The van der Waals surface area contributed by atoms with Crippen molar-refractivity contribution >= 4 is 60.8 Å². The van der Waals surface area contributed by atoms with E-state index in [0.717, 1.165) is 5.56 Å². The lowest BCUT2D eigenvalue weighted by Crippen LogP contribution is -2.18. The molecule has 0 heterocycles. The van der Waals surface area contributed by atoms with Crippen LogP contribution in [0.2, 0.25) is 0 Å². The van der Waals surface area contributed by atoms with Crippen LogP contribution < -0.4 is 14.3 Å². The molecule has 1 amide bonds. The van der Waals surface area contributed by atoms with Crippen molar-refractivity contribution in [2.24, 2.45) is 5.10 Å². The number of carbonyl (C=O) groups excluding carboxylic acids is 1. The van der Waals surface area contributed by atoms with E-state index in [1.807, 2.05) is 35.6 Å². The number of rotatable bonds is 8. The molecule has 33 heavy (non-hydrogen) atoms. The van der Waals surface area contributed by atoms with E-state index < -0.39 is 10.1 Å². The quantitative estimate of drug-likeness (QED) is 0.156. The summed E-state index contributed by atoms with van der Waals surface area (Å²) in [5, 5.41) is 4.00. The molecule has 1 N–H and O–H groups in total. The molecule has 3 aromatic carbocycles. The summed E-state index contributed by atoms with van der Waals surface area (Å²) >= 11 is 5.30. The van der Waals surface area contributed by atoms with Crippen molar-refractivity contribution in [1.82, 2.24) is 5.43 Å². The number of carbonyl (C=O) groups is 1. The van der Waals surface area contributed by atoms with Gasteiger partial charge in [0.25, 0.3) is 5.91 Å². The average molecular weight is 643 g/mol. The van der Waals surface area contributed by atoms with Gasteiger partial charge in [0.15, 0.2) is 11.5 Å². The number of nitrogens with one attached hydrogen (secondary N) is 1. The topological polar surface area (TPSA) is 94.1 Å². The summed E-state index contributed by atoms with van der Waals surface area (Å²) in [6, 6.07) is 16.7. The molecule has 0 aromatic heterocycles. The van der Waals surface area contributed by atoms with Gasteiger partial charge in [0, 0.05) is 4.47 Å². The first kappa shape index (κ1) is 25.2. The number of ether oxygens (including phenoxy) is 1. The van der Waals surface area contributed by atoms with Crippen LogP contribution in [0.1, 0.15) is 28.4 Å². The lowest BCUT2D eigenvalue weighted by Gasteiger charge is -2.14. The molecule has 0 saturated carbocycles. The van der Waals surface area contributed by atoms with Crippen molar-refractivity contribution in [3.8, 4) is 11.5 Å². The lowest BCUT2D eigenvalue weighted by molar-refractivity contribution is 0.0954. The third-order valence-corrected chi connectivity index (χ3v) is 7.06. The minimum absolute atomic E-state index is 0.0479. The lowest BCUT2D eigenvalue weighted by atomic mass is 10.2. The van der Waals surface area contributed by atoms with Gasteiger partial charge < -0.3 is 8.92 Å². The molecular weight excluding hydrogens is 623 g/mol. The van der Waals surface area contributed by atoms with Crippen molar-refractivity contribution < 1.29 is 22.1 Å². The Morgan fingerprint density at radius 2 is 1.85 bits per heavy atom. The van der Waals surface area contributed by atoms with Gasteiger partial charge in [-0.1, -0.05) is 29.8 Å². The number of aryl methyl sites for hydroxylation is 1. The minimum Gasteiger partial charge on any atom is -0.490 e. The Bertz CT molecular complexity index is 1290. The number of halogens is 2. The molecule has 3 rings (SSSR count). The van der Waals surface area contributed by atoms with Crippen LogP contribution in [0.3, 0.4) is 0 Å². The molecule has 0 aliphatic heterocycles. The molecule has 0 atom stereocenters. The number of hydrazone groups is 1. The van der Waals surface area contributed by atoms with Gasteiger partial charge in [0.2, 0.25) is 0 Å². The molecule has 0 bridgehead atoms. The molecule has 0 fully saturated rings. The molecule has 0 aliphatic carbocycles. The summed E-state index contributed by atoms with van der Waals surface area (Å²) in [4.78, 5) is 12.3. The van der Waals surface area contributed by atoms with Crippen molar-refractivity contribution in [2.75, 3.05) is 6.61 Å². The molecule has 3 aromatic rings.